The lowest BCUT2D eigenvalue weighted by atomic mass is 9.99. The van der Waals surface area contributed by atoms with Crippen LogP contribution < -0.4 is 4.90 Å². The predicted octanol–water partition coefficient (Wildman–Crippen LogP) is 2.40. The Morgan fingerprint density at radius 2 is 2.28 bits per heavy atom. The number of carbonyl (C=O) groups excluding carboxylic acids is 1. The number of rotatable bonds is 2. The number of methoxy groups -OCH3 is 1. The molecule has 0 saturated carbocycles. The van der Waals surface area contributed by atoms with Crippen LogP contribution in [-0.4, -0.2) is 31.2 Å². The van der Waals surface area contributed by atoms with E-state index >= 15 is 0 Å². The molecule has 0 N–H and O–H groups in total. The quantitative estimate of drug-likeness (QED) is 0.786. The van der Waals surface area contributed by atoms with Crippen molar-refractivity contribution >= 4 is 27.7 Å². The van der Waals surface area contributed by atoms with Gasteiger partial charge in [-0.1, -0.05) is 6.92 Å². The van der Waals surface area contributed by atoms with E-state index in [2.05, 4.69) is 32.7 Å². The maximum atomic E-state index is 11.7. The molecular weight excluding hydrogens is 296 g/mol. The van der Waals surface area contributed by atoms with Crippen molar-refractivity contribution in [2.24, 2.45) is 11.8 Å². The van der Waals surface area contributed by atoms with E-state index in [1.54, 1.807) is 6.20 Å². The molecule has 0 aliphatic carbocycles. The lowest BCUT2D eigenvalue weighted by molar-refractivity contribution is -0.145. The van der Waals surface area contributed by atoms with Gasteiger partial charge in [-0.05, 0) is 40.4 Å². The minimum atomic E-state index is -0.131. The number of hydrogen-bond acceptors (Lipinski definition) is 4. The molecule has 1 aliphatic rings. The summed E-state index contributed by atoms with van der Waals surface area (Å²) in [6.07, 6.45) is 1.80. The molecule has 1 aliphatic heterocycles. The van der Waals surface area contributed by atoms with Gasteiger partial charge in [-0.3, -0.25) is 4.79 Å². The Labute approximate surface area is 115 Å². The summed E-state index contributed by atoms with van der Waals surface area (Å²) in [4.78, 5) is 18.2. The number of aryl methyl sites for hydroxylation is 1. The van der Waals surface area contributed by atoms with E-state index in [1.165, 1.54) is 7.11 Å². The molecule has 4 nitrogen and oxygen atoms in total. The molecule has 2 unspecified atom stereocenters. The van der Waals surface area contributed by atoms with Crippen LogP contribution in [-0.2, 0) is 9.53 Å². The molecule has 0 bridgehead atoms. The fraction of sp³-hybridized carbons (Fsp3) is 0.538. The van der Waals surface area contributed by atoms with Crippen molar-refractivity contribution in [2.75, 3.05) is 25.1 Å². The second-order valence-electron chi connectivity index (χ2n) is 4.78. The molecule has 1 fully saturated rings. The third-order valence-corrected chi connectivity index (χ3v) is 4.46. The summed E-state index contributed by atoms with van der Waals surface area (Å²) in [6, 6.07) is 1.96. The number of nitrogens with zero attached hydrogens (tertiary/aromatic N) is 2. The van der Waals surface area contributed by atoms with Gasteiger partial charge in [0.2, 0.25) is 0 Å². The molecule has 0 radical (unpaired) electrons. The standard InChI is InChI=1S/C13H17BrN2O2/c1-8-4-5-15-12(11(8)14)16-6-9(2)10(7-16)13(17)18-3/h4-5,9-10H,6-7H2,1-3H3. The highest BCUT2D eigenvalue weighted by Gasteiger charge is 2.36. The number of pyridine rings is 1. The Morgan fingerprint density at radius 3 is 2.94 bits per heavy atom. The first-order chi connectivity index (χ1) is 8.54. The van der Waals surface area contributed by atoms with Crippen molar-refractivity contribution in [1.29, 1.82) is 0 Å². The predicted molar refractivity (Wildman–Crippen MR) is 73.6 cm³/mol. The van der Waals surface area contributed by atoms with Gasteiger partial charge >= 0.3 is 5.97 Å². The Bertz CT molecular complexity index is 464. The molecule has 1 saturated heterocycles. The average Bonchev–Trinajstić information content (AvgIpc) is 2.73. The Balaban J connectivity index is 2.22. The number of halogens is 1. The molecule has 0 amide bonds. The zero-order valence-electron chi connectivity index (χ0n) is 10.8. The van der Waals surface area contributed by atoms with Gasteiger partial charge < -0.3 is 9.64 Å². The van der Waals surface area contributed by atoms with Crippen LogP contribution in [0.5, 0.6) is 0 Å². The first-order valence-corrected chi connectivity index (χ1v) is 6.77. The summed E-state index contributed by atoms with van der Waals surface area (Å²) in [5, 5.41) is 0. The van der Waals surface area contributed by atoms with Crippen LogP contribution in [0.25, 0.3) is 0 Å². The second-order valence-corrected chi connectivity index (χ2v) is 5.57. The Kier molecular flexibility index (Phi) is 3.90. The largest absolute Gasteiger partial charge is 0.469 e. The van der Waals surface area contributed by atoms with Gasteiger partial charge in [-0.2, -0.15) is 0 Å². The van der Waals surface area contributed by atoms with Crippen LogP contribution in [0.3, 0.4) is 0 Å². The molecule has 0 spiro atoms. The third-order valence-electron chi connectivity index (χ3n) is 3.48. The first-order valence-electron chi connectivity index (χ1n) is 5.98. The van der Waals surface area contributed by atoms with E-state index < -0.39 is 0 Å². The van der Waals surface area contributed by atoms with Gasteiger partial charge in [-0.15, -0.1) is 0 Å². The Morgan fingerprint density at radius 1 is 1.56 bits per heavy atom. The molecular formula is C13H17BrN2O2. The van der Waals surface area contributed by atoms with Crippen molar-refractivity contribution in [3.63, 3.8) is 0 Å². The van der Waals surface area contributed by atoms with Crippen LogP contribution in [0.2, 0.25) is 0 Å². The van der Waals surface area contributed by atoms with Crippen LogP contribution in [0.15, 0.2) is 16.7 Å². The van der Waals surface area contributed by atoms with Crippen LogP contribution in [0, 0.1) is 18.8 Å². The molecule has 98 valence electrons. The molecule has 1 aromatic rings. The fourth-order valence-electron chi connectivity index (χ4n) is 2.34. The molecule has 0 aromatic carbocycles. The number of hydrogen-bond donors (Lipinski definition) is 0. The highest BCUT2D eigenvalue weighted by Crippen LogP contribution is 2.33. The fourth-order valence-corrected chi connectivity index (χ4v) is 2.83. The molecule has 2 rings (SSSR count). The monoisotopic (exact) mass is 312 g/mol. The highest BCUT2D eigenvalue weighted by molar-refractivity contribution is 9.10. The number of carbonyl (C=O) groups is 1. The van der Waals surface area contributed by atoms with Gasteiger partial charge in [0.05, 0.1) is 17.5 Å². The normalized spacial score (nSPS) is 23.2. The number of esters is 1. The molecule has 18 heavy (non-hydrogen) atoms. The van der Waals surface area contributed by atoms with E-state index in [0.29, 0.717) is 6.54 Å². The SMILES string of the molecule is COC(=O)C1CN(c2nccc(C)c2Br)CC1C. The Hall–Kier alpha value is -1.10. The van der Waals surface area contributed by atoms with E-state index in [4.69, 9.17) is 4.74 Å². The molecule has 5 heteroatoms. The van der Waals surface area contributed by atoms with E-state index in [9.17, 15) is 4.79 Å². The first kappa shape index (κ1) is 13.3. The maximum Gasteiger partial charge on any atom is 0.310 e. The van der Waals surface area contributed by atoms with E-state index in [0.717, 1.165) is 22.4 Å². The topological polar surface area (TPSA) is 42.4 Å². The number of anilines is 1. The van der Waals surface area contributed by atoms with Gasteiger partial charge in [0.15, 0.2) is 0 Å². The second kappa shape index (κ2) is 5.26. The van der Waals surface area contributed by atoms with Crippen LogP contribution >= 0.6 is 15.9 Å². The van der Waals surface area contributed by atoms with Gasteiger partial charge in [0.1, 0.15) is 5.82 Å². The van der Waals surface area contributed by atoms with Crippen molar-refractivity contribution in [2.45, 2.75) is 13.8 Å². The van der Waals surface area contributed by atoms with Crippen LogP contribution in [0.4, 0.5) is 5.82 Å². The lowest BCUT2D eigenvalue weighted by Crippen LogP contribution is -2.25. The van der Waals surface area contributed by atoms with Crippen molar-refractivity contribution in [1.82, 2.24) is 4.98 Å². The molecule has 1 aromatic heterocycles. The highest BCUT2D eigenvalue weighted by atomic mass is 79.9. The summed E-state index contributed by atoms with van der Waals surface area (Å²) >= 11 is 3.56. The summed E-state index contributed by atoms with van der Waals surface area (Å²) in [6.45, 7) is 5.61. The summed E-state index contributed by atoms with van der Waals surface area (Å²) in [5.74, 6) is 0.998. The van der Waals surface area contributed by atoms with Crippen molar-refractivity contribution in [3.05, 3.63) is 22.3 Å². The molecule has 2 atom stereocenters. The zero-order chi connectivity index (χ0) is 13.3. The summed E-state index contributed by atoms with van der Waals surface area (Å²) in [5.41, 5.74) is 1.15. The van der Waals surface area contributed by atoms with Crippen molar-refractivity contribution < 1.29 is 9.53 Å². The minimum absolute atomic E-state index is 0.0655. The summed E-state index contributed by atoms with van der Waals surface area (Å²) in [7, 11) is 1.44. The van der Waals surface area contributed by atoms with E-state index in [1.807, 2.05) is 13.0 Å². The minimum Gasteiger partial charge on any atom is -0.469 e. The van der Waals surface area contributed by atoms with Crippen molar-refractivity contribution in [3.8, 4) is 0 Å². The summed E-state index contributed by atoms with van der Waals surface area (Å²) < 4.78 is 5.85. The smallest absolute Gasteiger partial charge is 0.310 e. The number of ether oxygens (including phenoxy) is 1. The van der Waals surface area contributed by atoms with E-state index in [-0.39, 0.29) is 17.8 Å². The van der Waals surface area contributed by atoms with Gasteiger partial charge in [0, 0.05) is 19.3 Å². The number of aromatic nitrogens is 1. The van der Waals surface area contributed by atoms with Gasteiger partial charge in [0.25, 0.3) is 0 Å². The lowest BCUT2D eigenvalue weighted by Gasteiger charge is -2.19. The van der Waals surface area contributed by atoms with Gasteiger partial charge in [-0.25, -0.2) is 4.98 Å². The maximum absolute atomic E-state index is 11.7. The average molecular weight is 313 g/mol. The van der Waals surface area contributed by atoms with Crippen LogP contribution in [0.1, 0.15) is 12.5 Å². The molecule has 2 heterocycles. The third kappa shape index (κ3) is 2.36. The zero-order valence-corrected chi connectivity index (χ0v) is 12.4.